The molecule has 10 heteroatoms. The highest BCUT2D eigenvalue weighted by molar-refractivity contribution is 7.22. The van der Waals surface area contributed by atoms with Crippen LogP contribution in [0.5, 0.6) is 0 Å². The molecule has 3 aromatic heterocycles. The number of amides is 1. The van der Waals surface area contributed by atoms with Crippen molar-refractivity contribution in [3.05, 3.63) is 52.3 Å². The van der Waals surface area contributed by atoms with Gasteiger partial charge in [0, 0.05) is 11.6 Å². The van der Waals surface area contributed by atoms with E-state index in [1.807, 2.05) is 13.8 Å². The summed E-state index contributed by atoms with van der Waals surface area (Å²) in [5.41, 5.74) is 0.967. The standard InChI is InChI=1S/C21H20FN5O3S/c1-4-11(2)24-15(28)9-27-10-23-20-16(21(27)29)12(3)17(31-20)19-25-18(26-30-19)13-5-7-14(22)8-6-13/h5-8,10-11H,4,9H2,1-3H3,(H,24,28)/t11-/m0/s1. The number of aryl methyl sites for hydroxylation is 1. The number of hydrogen-bond donors (Lipinski definition) is 1. The second kappa shape index (κ2) is 8.38. The molecule has 0 unspecified atom stereocenters. The molecular formula is C21H20FN5O3S. The Morgan fingerprint density at radius 2 is 2.06 bits per heavy atom. The van der Waals surface area contributed by atoms with Crippen LogP contribution in [0.1, 0.15) is 25.8 Å². The third-order valence-electron chi connectivity index (χ3n) is 4.97. The topological polar surface area (TPSA) is 103 Å². The number of aromatic nitrogens is 4. The van der Waals surface area contributed by atoms with Crippen molar-refractivity contribution < 1.29 is 13.7 Å². The minimum absolute atomic E-state index is 0.0298. The third-order valence-corrected chi connectivity index (χ3v) is 6.16. The lowest BCUT2D eigenvalue weighted by atomic mass is 10.2. The summed E-state index contributed by atoms with van der Waals surface area (Å²) < 4.78 is 19.8. The number of carbonyl (C=O) groups is 1. The number of nitrogens with zero attached hydrogens (tertiary/aromatic N) is 4. The Labute approximate surface area is 180 Å². The van der Waals surface area contributed by atoms with Gasteiger partial charge in [0.25, 0.3) is 11.4 Å². The molecule has 0 aliphatic carbocycles. The van der Waals surface area contributed by atoms with E-state index >= 15 is 0 Å². The van der Waals surface area contributed by atoms with Gasteiger partial charge in [-0.15, -0.1) is 11.3 Å². The number of fused-ring (bicyclic) bond motifs is 1. The van der Waals surface area contributed by atoms with Gasteiger partial charge in [-0.2, -0.15) is 4.98 Å². The van der Waals surface area contributed by atoms with Crippen molar-refractivity contribution in [1.29, 1.82) is 0 Å². The number of rotatable bonds is 6. The van der Waals surface area contributed by atoms with Gasteiger partial charge in [-0.1, -0.05) is 12.1 Å². The van der Waals surface area contributed by atoms with Crippen LogP contribution in [-0.2, 0) is 11.3 Å². The maximum atomic E-state index is 13.1. The van der Waals surface area contributed by atoms with Gasteiger partial charge in [0.1, 0.15) is 17.2 Å². The monoisotopic (exact) mass is 441 g/mol. The first kappa shape index (κ1) is 20.9. The van der Waals surface area contributed by atoms with Crippen molar-refractivity contribution in [2.75, 3.05) is 0 Å². The Balaban J connectivity index is 1.67. The molecule has 0 aliphatic rings. The second-order valence-electron chi connectivity index (χ2n) is 7.22. The zero-order valence-electron chi connectivity index (χ0n) is 17.2. The van der Waals surface area contributed by atoms with Gasteiger partial charge in [-0.05, 0) is 50.1 Å². The van der Waals surface area contributed by atoms with E-state index in [9.17, 15) is 14.0 Å². The van der Waals surface area contributed by atoms with E-state index in [2.05, 4.69) is 20.4 Å². The molecule has 31 heavy (non-hydrogen) atoms. The van der Waals surface area contributed by atoms with Gasteiger partial charge in [-0.25, -0.2) is 9.37 Å². The van der Waals surface area contributed by atoms with Crippen LogP contribution in [0, 0.1) is 12.7 Å². The molecule has 8 nitrogen and oxygen atoms in total. The van der Waals surface area contributed by atoms with E-state index < -0.39 is 0 Å². The fraction of sp³-hybridized carbons (Fsp3) is 0.286. The summed E-state index contributed by atoms with van der Waals surface area (Å²) in [5.74, 6) is -0.0289. The molecule has 0 saturated heterocycles. The fourth-order valence-electron chi connectivity index (χ4n) is 3.08. The molecule has 1 N–H and O–H groups in total. The van der Waals surface area contributed by atoms with E-state index in [1.165, 1.54) is 34.4 Å². The van der Waals surface area contributed by atoms with E-state index in [0.29, 0.717) is 32.0 Å². The molecule has 4 rings (SSSR count). The summed E-state index contributed by atoms with van der Waals surface area (Å²) in [7, 11) is 0. The Morgan fingerprint density at radius 1 is 1.32 bits per heavy atom. The first-order valence-electron chi connectivity index (χ1n) is 9.75. The lowest BCUT2D eigenvalue weighted by Crippen LogP contribution is -2.37. The van der Waals surface area contributed by atoms with Crippen molar-refractivity contribution in [2.45, 2.75) is 39.8 Å². The van der Waals surface area contributed by atoms with Gasteiger partial charge in [0.05, 0.1) is 16.6 Å². The van der Waals surface area contributed by atoms with E-state index in [0.717, 1.165) is 6.42 Å². The highest BCUT2D eigenvalue weighted by atomic mass is 32.1. The number of thiophene rings is 1. The molecule has 4 aromatic rings. The van der Waals surface area contributed by atoms with Crippen LogP contribution < -0.4 is 10.9 Å². The number of benzene rings is 1. The highest BCUT2D eigenvalue weighted by Crippen LogP contribution is 2.35. The molecule has 3 heterocycles. The number of halogens is 1. The van der Waals surface area contributed by atoms with Crippen molar-refractivity contribution in [3.8, 4) is 22.2 Å². The average molecular weight is 441 g/mol. The molecule has 0 radical (unpaired) electrons. The van der Waals surface area contributed by atoms with Crippen LogP contribution in [0.3, 0.4) is 0 Å². The summed E-state index contributed by atoms with van der Waals surface area (Å²) in [5, 5.41) is 7.22. The normalized spacial score (nSPS) is 12.3. The minimum Gasteiger partial charge on any atom is -0.352 e. The predicted molar refractivity (Wildman–Crippen MR) is 115 cm³/mol. The lowest BCUT2D eigenvalue weighted by Gasteiger charge is -2.12. The zero-order valence-corrected chi connectivity index (χ0v) is 18.0. The molecule has 0 bridgehead atoms. The SMILES string of the molecule is CC[C@H](C)NC(=O)Cn1cnc2sc(-c3nc(-c4ccc(F)cc4)no3)c(C)c2c1=O. The minimum atomic E-state index is -0.354. The highest BCUT2D eigenvalue weighted by Gasteiger charge is 2.21. The molecule has 1 atom stereocenters. The maximum absolute atomic E-state index is 13.1. The maximum Gasteiger partial charge on any atom is 0.268 e. The van der Waals surface area contributed by atoms with E-state index in [4.69, 9.17) is 4.52 Å². The summed E-state index contributed by atoms with van der Waals surface area (Å²) >= 11 is 1.26. The summed E-state index contributed by atoms with van der Waals surface area (Å²) in [6, 6.07) is 5.79. The van der Waals surface area contributed by atoms with Crippen molar-refractivity contribution in [1.82, 2.24) is 25.0 Å². The van der Waals surface area contributed by atoms with Crippen molar-refractivity contribution in [3.63, 3.8) is 0 Å². The Hall–Kier alpha value is -3.40. The molecule has 1 aromatic carbocycles. The van der Waals surface area contributed by atoms with Crippen LogP contribution in [0.2, 0.25) is 0 Å². The second-order valence-corrected chi connectivity index (χ2v) is 8.22. The van der Waals surface area contributed by atoms with Crippen LogP contribution in [0.15, 0.2) is 39.9 Å². The summed E-state index contributed by atoms with van der Waals surface area (Å²) in [6.45, 7) is 5.55. The molecule has 160 valence electrons. The van der Waals surface area contributed by atoms with Gasteiger partial charge >= 0.3 is 0 Å². The van der Waals surface area contributed by atoms with E-state index in [-0.39, 0.29) is 35.8 Å². The quantitative estimate of drug-likeness (QED) is 0.491. The zero-order chi connectivity index (χ0) is 22.1. The lowest BCUT2D eigenvalue weighted by molar-refractivity contribution is -0.122. The van der Waals surface area contributed by atoms with Crippen molar-refractivity contribution in [2.24, 2.45) is 0 Å². The molecule has 1 amide bonds. The molecule has 0 aliphatic heterocycles. The average Bonchev–Trinajstić information content (AvgIpc) is 3.35. The molecular weight excluding hydrogens is 421 g/mol. The Morgan fingerprint density at radius 3 is 2.77 bits per heavy atom. The smallest absolute Gasteiger partial charge is 0.268 e. The van der Waals surface area contributed by atoms with Gasteiger partial charge in [0.2, 0.25) is 11.7 Å². The molecule has 0 spiro atoms. The number of carbonyl (C=O) groups excluding carboxylic acids is 1. The van der Waals surface area contributed by atoms with Crippen LogP contribution in [0.25, 0.3) is 32.4 Å². The number of hydrogen-bond acceptors (Lipinski definition) is 7. The summed E-state index contributed by atoms with van der Waals surface area (Å²) in [4.78, 5) is 35.1. The third kappa shape index (κ3) is 4.11. The van der Waals surface area contributed by atoms with Crippen LogP contribution in [-0.4, -0.2) is 31.6 Å². The first-order chi connectivity index (χ1) is 14.9. The van der Waals surface area contributed by atoms with E-state index in [1.54, 1.807) is 19.1 Å². The van der Waals surface area contributed by atoms with Gasteiger partial charge < -0.3 is 9.84 Å². The molecule has 0 saturated carbocycles. The molecule has 0 fully saturated rings. The van der Waals surface area contributed by atoms with Gasteiger partial charge in [0.15, 0.2) is 0 Å². The predicted octanol–water partition coefficient (Wildman–Crippen LogP) is 3.54. The largest absolute Gasteiger partial charge is 0.352 e. The number of nitrogens with one attached hydrogen (secondary N) is 1. The van der Waals surface area contributed by atoms with Crippen LogP contribution >= 0.6 is 11.3 Å². The Kier molecular flexibility index (Phi) is 5.64. The fourth-order valence-corrected chi connectivity index (χ4v) is 4.15. The van der Waals surface area contributed by atoms with Crippen molar-refractivity contribution >= 4 is 27.5 Å². The first-order valence-corrected chi connectivity index (χ1v) is 10.6. The van der Waals surface area contributed by atoms with Gasteiger partial charge in [-0.3, -0.25) is 14.2 Å². The Bertz CT molecular complexity index is 1310. The summed E-state index contributed by atoms with van der Waals surface area (Å²) in [6.07, 6.45) is 2.17. The van der Waals surface area contributed by atoms with Crippen LogP contribution in [0.4, 0.5) is 4.39 Å².